The number of alkyl carbamates (subject to hydrolysis) is 1. The van der Waals surface area contributed by atoms with Gasteiger partial charge in [-0.1, -0.05) is 0 Å². The van der Waals surface area contributed by atoms with Gasteiger partial charge in [-0.3, -0.25) is 0 Å². The zero-order valence-electron chi connectivity index (χ0n) is 13.4. The van der Waals surface area contributed by atoms with E-state index in [0.29, 0.717) is 6.54 Å². The summed E-state index contributed by atoms with van der Waals surface area (Å²) >= 11 is 0. The smallest absolute Gasteiger partial charge is 0.407 e. The predicted molar refractivity (Wildman–Crippen MR) is 75.3 cm³/mol. The van der Waals surface area contributed by atoms with Gasteiger partial charge in [0.05, 0.1) is 12.7 Å². The molecule has 7 nitrogen and oxygen atoms in total. The Morgan fingerprint density at radius 3 is 2.52 bits per heavy atom. The van der Waals surface area contributed by atoms with E-state index in [-0.39, 0.29) is 6.09 Å². The number of hydrogen-bond donors (Lipinski definition) is 1. The van der Waals surface area contributed by atoms with Gasteiger partial charge in [0.2, 0.25) is 0 Å². The summed E-state index contributed by atoms with van der Waals surface area (Å²) in [6.07, 6.45) is 4.69. The maximum absolute atomic E-state index is 11.4. The number of ether oxygens (including phenoxy) is 1. The lowest BCUT2D eigenvalue weighted by atomic mass is 10.2. The standard InChI is InChI=1S/C13H23N3O2.CH2O2/c1-11-9-15(5)16(10-11)8-6-7-14-12(17)18-13(2,3)4;2-1-3/h9-10H,6-8H2,1-5H3;1H,(H,2,3). The van der Waals surface area contributed by atoms with E-state index in [2.05, 4.69) is 29.3 Å². The van der Waals surface area contributed by atoms with E-state index in [0.717, 1.165) is 13.0 Å². The number of rotatable bonds is 4. The normalized spacial score (nSPS) is 10.3. The summed E-state index contributed by atoms with van der Waals surface area (Å²) in [5.41, 5.74) is 0.797. The fourth-order valence-electron chi connectivity index (χ4n) is 1.70. The molecule has 1 aromatic heterocycles. The highest BCUT2D eigenvalue weighted by molar-refractivity contribution is 5.67. The van der Waals surface area contributed by atoms with E-state index in [1.165, 1.54) is 5.56 Å². The molecular weight excluding hydrogens is 274 g/mol. The predicted octanol–water partition coefficient (Wildman–Crippen LogP) is -0.0981. The van der Waals surface area contributed by atoms with Gasteiger partial charge in [0, 0.05) is 18.6 Å². The SMILES string of the molecule is Cc1cn(CCCNC(=O)OC(C)(C)C)[n+](C)c1.O=C[O-]. The number of nitrogens with one attached hydrogen (secondary N) is 1. The minimum absolute atomic E-state index is 0.351. The molecule has 21 heavy (non-hydrogen) atoms. The number of nitrogens with zero attached hydrogens (tertiary/aromatic N) is 2. The van der Waals surface area contributed by atoms with Crippen LogP contribution >= 0.6 is 0 Å². The lowest BCUT2D eigenvalue weighted by Crippen LogP contribution is -2.39. The molecule has 1 aromatic rings. The van der Waals surface area contributed by atoms with Gasteiger partial charge in [0.15, 0.2) is 13.2 Å². The molecule has 0 bridgehead atoms. The first-order valence-corrected chi connectivity index (χ1v) is 6.74. The lowest BCUT2D eigenvalue weighted by molar-refractivity contribution is -0.753. The minimum atomic E-state index is -0.500. The molecule has 0 aliphatic rings. The third-order valence-corrected chi connectivity index (χ3v) is 2.38. The first-order chi connectivity index (χ1) is 9.69. The number of carboxylic acid groups (broad SMARTS) is 1. The van der Waals surface area contributed by atoms with Crippen LogP contribution < -0.4 is 15.1 Å². The summed E-state index contributed by atoms with van der Waals surface area (Å²) in [5, 5.41) is 11.0. The van der Waals surface area contributed by atoms with Crippen molar-refractivity contribution >= 4 is 12.6 Å². The Morgan fingerprint density at radius 1 is 1.52 bits per heavy atom. The van der Waals surface area contributed by atoms with Crippen LogP contribution in [0.3, 0.4) is 0 Å². The molecule has 0 radical (unpaired) electrons. The van der Waals surface area contributed by atoms with Crippen molar-refractivity contribution in [3.8, 4) is 0 Å². The molecule has 0 atom stereocenters. The van der Waals surface area contributed by atoms with Gasteiger partial charge in [-0.05, 0) is 34.1 Å². The summed E-state index contributed by atoms with van der Waals surface area (Å²) in [7, 11) is 2.01. The van der Waals surface area contributed by atoms with Gasteiger partial charge in [0.1, 0.15) is 5.60 Å². The van der Waals surface area contributed by atoms with Gasteiger partial charge < -0.3 is 20.0 Å². The summed E-state index contributed by atoms with van der Waals surface area (Å²) in [6, 6.07) is 0. The van der Waals surface area contributed by atoms with Gasteiger partial charge in [-0.15, -0.1) is 4.68 Å². The number of carbonyl (C=O) groups is 2. The van der Waals surface area contributed by atoms with Crippen LogP contribution in [-0.2, 0) is 23.1 Å². The van der Waals surface area contributed by atoms with Crippen LogP contribution in [0, 0.1) is 6.92 Å². The van der Waals surface area contributed by atoms with Crippen LogP contribution in [0.15, 0.2) is 12.4 Å². The van der Waals surface area contributed by atoms with Gasteiger partial charge in [-0.25, -0.2) is 4.79 Å². The average Bonchev–Trinajstić information content (AvgIpc) is 2.62. The quantitative estimate of drug-likeness (QED) is 0.478. The maximum Gasteiger partial charge on any atom is 0.407 e. The Hall–Kier alpha value is -2.05. The highest BCUT2D eigenvalue weighted by atomic mass is 16.6. The van der Waals surface area contributed by atoms with Crippen molar-refractivity contribution in [1.29, 1.82) is 0 Å². The van der Waals surface area contributed by atoms with Crippen molar-refractivity contribution < 1.29 is 24.1 Å². The molecule has 1 rings (SSSR count). The highest BCUT2D eigenvalue weighted by Gasteiger charge is 2.15. The molecule has 0 fully saturated rings. The monoisotopic (exact) mass is 299 g/mol. The van der Waals surface area contributed by atoms with E-state index < -0.39 is 12.1 Å². The van der Waals surface area contributed by atoms with E-state index in [1.54, 1.807) is 0 Å². The molecule has 1 N–H and O–H groups in total. The zero-order chi connectivity index (χ0) is 16.5. The molecule has 120 valence electrons. The Morgan fingerprint density at radius 2 is 2.10 bits per heavy atom. The van der Waals surface area contributed by atoms with Crippen molar-refractivity contribution in [3.05, 3.63) is 18.0 Å². The van der Waals surface area contributed by atoms with Gasteiger partial charge >= 0.3 is 6.09 Å². The summed E-state index contributed by atoms with van der Waals surface area (Å²) in [5.74, 6) is 0. The van der Waals surface area contributed by atoms with Crippen molar-refractivity contribution in [2.45, 2.75) is 46.3 Å². The van der Waals surface area contributed by atoms with Gasteiger partial charge in [0.25, 0.3) is 0 Å². The molecule has 0 aliphatic carbocycles. The fraction of sp³-hybridized carbons (Fsp3) is 0.643. The second-order valence-electron chi connectivity index (χ2n) is 5.62. The third-order valence-electron chi connectivity index (χ3n) is 2.38. The van der Waals surface area contributed by atoms with Crippen molar-refractivity contribution in [1.82, 2.24) is 10.00 Å². The molecule has 0 unspecified atom stereocenters. The topological polar surface area (TPSA) is 87.3 Å². The maximum atomic E-state index is 11.4. The number of hydrogen-bond acceptors (Lipinski definition) is 4. The Kier molecular flexibility index (Phi) is 8.11. The molecule has 0 saturated heterocycles. The summed E-state index contributed by atoms with van der Waals surface area (Å²) in [4.78, 5) is 19.6. The largest absolute Gasteiger partial charge is 0.554 e. The molecule has 1 heterocycles. The van der Waals surface area contributed by atoms with Crippen LogP contribution in [0.5, 0.6) is 0 Å². The molecule has 0 aromatic carbocycles. The number of aromatic nitrogens is 2. The first kappa shape index (κ1) is 18.9. The Balaban J connectivity index is 0.00000122. The fourth-order valence-corrected chi connectivity index (χ4v) is 1.70. The second-order valence-corrected chi connectivity index (χ2v) is 5.62. The van der Waals surface area contributed by atoms with E-state index in [1.807, 2.05) is 32.5 Å². The van der Waals surface area contributed by atoms with E-state index in [9.17, 15) is 4.79 Å². The molecule has 0 spiro atoms. The molecule has 1 amide bonds. The van der Waals surface area contributed by atoms with Crippen LogP contribution in [0.4, 0.5) is 4.79 Å². The molecule has 0 aliphatic heterocycles. The van der Waals surface area contributed by atoms with Crippen molar-refractivity contribution in [3.63, 3.8) is 0 Å². The number of aryl methyl sites for hydroxylation is 3. The first-order valence-electron chi connectivity index (χ1n) is 6.74. The average molecular weight is 299 g/mol. The molecule has 7 heteroatoms. The summed E-state index contributed by atoms with van der Waals surface area (Å²) in [6.45, 7) is 8.63. The molecule has 0 saturated carbocycles. The second kappa shape index (κ2) is 8.99. The van der Waals surface area contributed by atoms with Crippen molar-refractivity contribution in [2.75, 3.05) is 6.54 Å². The van der Waals surface area contributed by atoms with Crippen molar-refractivity contribution in [2.24, 2.45) is 7.05 Å². The highest BCUT2D eigenvalue weighted by Crippen LogP contribution is 2.06. The Labute approximate surface area is 125 Å². The van der Waals surface area contributed by atoms with Crippen LogP contribution in [0.25, 0.3) is 0 Å². The van der Waals surface area contributed by atoms with Gasteiger partial charge in [-0.2, -0.15) is 4.68 Å². The van der Waals surface area contributed by atoms with E-state index >= 15 is 0 Å². The Bertz CT molecular complexity index is 450. The zero-order valence-corrected chi connectivity index (χ0v) is 13.4. The van der Waals surface area contributed by atoms with Crippen LogP contribution in [-0.4, -0.2) is 29.4 Å². The van der Waals surface area contributed by atoms with Crippen LogP contribution in [0.1, 0.15) is 32.8 Å². The minimum Gasteiger partial charge on any atom is -0.554 e. The summed E-state index contributed by atoms with van der Waals surface area (Å²) < 4.78 is 9.32. The lowest BCUT2D eigenvalue weighted by Gasteiger charge is -2.19. The third kappa shape index (κ3) is 9.48. The molecular formula is C14H25N3O4. The number of carbonyl (C=O) groups excluding carboxylic acids is 2. The number of amides is 1. The van der Waals surface area contributed by atoms with E-state index in [4.69, 9.17) is 14.6 Å². The van der Waals surface area contributed by atoms with Crippen LogP contribution in [0.2, 0.25) is 0 Å².